The third-order valence-corrected chi connectivity index (χ3v) is 4.08. The molecule has 0 saturated carbocycles. The van der Waals surface area contributed by atoms with Crippen molar-refractivity contribution in [3.63, 3.8) is 0 Å². The van der Waals surface area contributed by atoms with Crippen molar-refractivity contribution in [2.75, 3.05) is 0 Å². The van der Waals surface area contributed by atoms with E-state index in [1.54, 1.807) is 11.3 Å². The first kappa shape index (κ1) is 11.4. The highest BCUT2D eigenvalue weighted by Gasteiger charge is 2.13. The molecule has 3 heteroatoms. The highest BCUT2D eigenvalue weighted by molar-refractivity contribution is 7.17. The molecular weight excluding hydrogens is 240 g/mol. The van der Waals surface area contributed by atoms with Crippen molar-refractivity contribution in [1.82, 2.24) is 4.98 Å². The normalized spacial score (nSPS) is 12.8. The van der Waals surface area contributed by atoms with E-state index in [4.69, 9.17) is 5.73 Å². The Balaban J connectivity index is 2.12. The Morgan fingerprint density at radius 3 is 2.94 bits per heavy atom. The van der Waals surface area contributed by atoms with E-state index >= 15 is 0 Å². The van der Waals surface area contributed by atoms with Gasteiger partial charge in [-0.25, -0.2) is 0 Å². The predicted octanol–water partition coefficient (Wildman–Crippen LogP) is 3.65. The first-order valence-electron chi connectivity index (χ1n) is 5.90. The molecule has 90 valence electrons. The van der Waals surface area contributed by atoms with Gasteiger partial charge in [0.2, 0.25) is 0 Å². The molecule has 18 heavy (non-hydrogen) atoms. The molecule has 2 nitrogen and oxygen atoms in total. The molecule has 1 atom stereocenters. The maximum Gasteiger partial charge on any atom is 0.0740 e. The van der Waals surface area contributed by atoms with Gasteiger partial charge in [0.15, 0.2) is 0 Å². The second kappa shape index (κ2) is 4.52. The maximum absolute atomic E-state index is 6.35. The molecule has 0 bridgehead atoms. The Kier molecular flexibility index (Phi) is 2.86. The number of nitrogens with zero attached hydrogens (tertiary/aromatic N) is 1. The van der Waals surface area contributed by atoms with Gasteiger partial charge in [-0.3, -0.25) is 4.98 Å². The molecule has 2 heterocycles. The van der Waals surface area contributed by atoms with E-state index in [0.717, 1.165) is 11.3 Å². The molecule has 1 aromatic carbocycles. The van der Waals surface area contributed by atoms with Crippen LogP contribution < -0.4 is 5.73 Å². The van der Waals surface area contributed by atoms with Gasteiger partial charge in [-0.1, -0.05) is 18.2 Å². The summed E-state index contributed by atoms with van der Waals surface area (Å²) in [5.74, 6) is 0. The highest BCUT2D eigenvalue weighted by atomic mass is 32.1. The third-order valence-electron chi connectivity index (χ3n) is 3.10. The predicted molar refractivity (Wildman–Crippen MR) is 76.8 cm³/mol. The Morgan fingerprint density at radius 1 is 1.22 bits per heavy atom. The van der Waals surface area contributed by atoms with Crippen molar-refractivity contribution in [3.8, 4) is 0 Å². The fourth-order valence-corrected chi connectivity index (χ4v) is 3.10. The van der Waals surface area contributed by atoms with Gasteiger partial charge in [0, 0.05) is 10.9 Å². The van der Waals surface area contributed by atoms with Gasteiger partial charge in [0.25, 0.3) is 0 Å². The van der Waals surface area contributed by atoms with Crippen molar-refractivity contribution < 1.29 is 0 Å². The van der Waals surface area contributed by atoms with Gasteiger partial charge >= 0.3 is 0 Å². The Morgan fingerprint density at radius 2 is 2.11 bits per heavy atom. The summed E-state index contributed by atoms with van der Waals surface area (Å²) in [6.45, 7) is 2.06. The average Bonchev–Trinajstić information content (AvgIpc) is 2.86. The van der Waals surface area contributed by atoms with Crippen LogP contribution in [0.1, 0.15) is 22.9 Å². The fraction of sp³-hybridized carbons (Fsp3) is 0.133. The first-order valence-corrected chi connectivity index (χ1v) is 6.78. The van der Waals surface area contributed by atoms with E-state index in [0.29, 0.717) is 0 Å². The van der Waals surface area contributed by atoms with Crippen molar-refractivity contribution >= 4 is 21.4 Å². The summed E-state index contributed by atoms with van der Waals surface area (Å²) in [5.41, 5.74) is 9.62. The minimum absolute atomic E-state index is 0.160. The van der Waals surface area contributed by atoms with Crippen molar-refractivity contribution in [1.29, 1.82) is 0 Å². The molecule has 0 aliphatic heterocycles. The number of aryl methyl sites for hydroxylation is 1. The van der Waals surface area contributed by atoms with Crippen LogP contribution in [-0.2, 0) is 0 Å². The van der Waals surface area contributed by atoms with Crippen molar-refractivity contribution in [2.24, 2.45) is 5.73 Å². The summed E-state index contributed by atoms with van der Waals surface area (Å²) in [5, 5.41) is 3.35. The van der Waals surface area contributed by atoms with Gasteiger partial charge in [-0.15, -0.1) is 11.3 Å². The number of hydrogen-bond acceptors (Lipinski definition) is 3. The number of nitrogens with two attached hydrogens (primary N) is 1. The lowest BCUT2D eigenvalue weighted by Crippen LogP contribution is -2.13. The van der Waals surface area contributed by atoms with Gasteiger partial charge in [-0.05, 0) is 47.0 Å². The first-order chi connectivity index (χ1) is 8.75. The zero-order valence-electron chi connectivity index (χ0n) is 10.1. The van der Waals surface area contributed by atoms with E-state index in [1.165, 1.54) is 15.6 Å². The summed E-state index contributed by atoms with van der Waals surface area (Å²) < 4.78 is 1.26. The lowest BCUT2D eigenvalue weighted by Gasteiger charge is -2.13. The summed E-state index contributed by atoms with van der Waals surface area (Å²) in [7, 11) is 0. The number of thiophene rings is 1. The van der Waals surface area contributed by atoms with Crippen LogP contribution in [0.2, 0.25) is 0 Å². The molecule has 3 rings (SSSR count). The van der Waals surface area contributed by atoms with E-state index in [9.17, 15) is 0 Å². The van der Waals surface area contributed by atoms with E-state index in [2.05, 4.69) is 47.6 Å². The van der Waals surface area contributed by atoms with Gasteiger partial charge in [0.05, 0.1) is 11.7 Å². The molecule has 1 unspecified atom stereocenters. The number of aromatic nitrogens is 1. The number of benzene rings is 1. The maximum atomic E-state index is 6.35. The van der Waals surface area contributed by atoms with Crippen LogP contribution in [-0.4, -0.2) is 4.98 Å². The number of hydrogen-bond donors (Lipinski definition) is 1. The van der Waals surface area contributed by atoms with Crippen LogP contribution in [0.5, 0.6) is 0 Å². The van der Waals surface area contributed by atoms with E-state index in [-0.39, 0.29) is 6.04 Å². The molecule has 3 aromatic rings. The standard InChI is InChI=1S/C15H14N2S/c1-10-5-7-17-13(9-10)14(16)12-4-2-3-11-6-8-18-15(11)12/h2-9,14H,16H2,1H3. The third kappa shape index (κ3) is 1.92. The van der Waals surface area contributed by atoms with Gasteiger partial charge < -0.3 is 5.73 Å². The van der Waals surface area contributed by atoms with Crippen LogP contribution >= 0.6 is 11.3 Å². The second-order valence-corrected chi connectivity index (χ2v) is 5.34. The lowest BCUT2D eigenvalue weighted by atomic mass is 10.0. The Labute approximate surface area is 110 Å². The summed E-state index contributed by atoms with van der Waals surface area (Å²) >= 11 is 1.73. The van der Waals surface area contributed by atoms with E-state index in [1.807, 2.05) is 12.3 Å². The zero-order valence-corrected chi connectivity index (χ0v) is 10.9. The van der Waals surface area contributed by atoms with Crippen LogP contribution in [0.3, 0.4) is 0 Å². The number of fused-ring (bicyclic) bond motifs is 1. The smallest absolute Gasteiger partial charge is 0.0740 e. The van der Waals surface area contributed by atoms with Crippen molar-refractivity contribution in [2.45, 2.75) is 13.0 Å². The van der Waals surface area contributed by atoms with Crippen molar-refractivity contribution in [3.05, 3.63) is 64.8 Å². The molecule has 0 amide bonds. The number of pyridine rings is 1. The zero-order chi connectivity index (χ0) is 12.5. The second-order valence-electron chi connectivity index (χ2n) is 4.42. The van der Waals surface area contributed by atoms with Gasteiger partial charge in [-0.2, -0.15) is 0 Å². The number of rotatable bonds is 2. The van der Waals surface area contributed by atoms with Crippen LogP contribution in [0, 0.1) is 6.92 Å². The van der Waals surface area contributed by atoms with E-state index < -0.39 is 0 Å². The van der Waals surface area contributed by atoms with Gasteiger partial charge in [0.1, 0.15) is 0 Å². The largest absolute Gasteiger partial charge is 0.319 e. The summed E-state index contributed by atoms with van der Waals surface area (Å²) in [6.07, 6.45) is 1.82. The highest BCUT2D eigenvalue weighted by Crippen LogP contribution is 2.30. The quantitative estimate of drug-likeness (QED) is 0.758. The molecule has 0 radical (unpaired) electrons. The van der Waals surface area contributed by atoms with Crippen LogP contribution in [0.4, 0.5) is 0 Å². The van der Waals surface area contributed by atoms with Crippen LogP contribution in [0.15, 0.2) is 48.0 Å². The molecule has 0 saturated heterocycles. The summed E-state index contributed by atoms with van der Waals surface area (Å²) in [4.78, 5) is 4.39. The average molecular weight is 254 g/mol. The topological polar surface area (TPSA) is 38.9 Å². The molecule has 0 aliphatic carbocycles. The molecule has 0 spiro atoms. The summed E-state index contributed by atoms with van der Waals surface area (Å²) in [6, 6.07) is 12.3. The monoisotopic (exact) mass is 254 g/mol. The molecule has 0 aliphatic rings. The Hall–Kier alpha value is -1.71. The lowest BCUT2D eigenvalue weighted by molar-refractivity contribution is 0.835. The molecule has 2 N–H and O–H groups in total. The fourth-order valence-electron chi connectivity index (χ4n) is 2.15. The molecular formula is C15H14N2S. The Bertz CT molecular complexity index is 688. The minimum atomic E-state index is -0.160. The SMILES string of the molecule is Cc1ccnc(C(N)c2cccc3ccsc23)c1. The molecule has 0 fully saturated rings. The molecule has 2 aromatic heterocycles. The van der Waals surface area contributed by atoms with Crippen LogP contribution in [0.25, 0.3) is 10.1 Å². The minimum Gasteiger partial charge on any atom is -0.319 e.